The Morgan fingerprint density at radius 2 is 1.88 bits per heavy atom. The van der Waals surface area contributed by atoms with Crippen LogP contribution >= 0.6 is 0 Å². The van der Waals surface area contributed by atoms with Crippen molar-refractivity contribution < 1.29 is 0 Å². The summed E-state index contributed by atoms with van der Waals surface area (Å²) < 4.78 is 0. The van der Waals surface area contributed by atoms with Crippen molar-refractivity contribution in [1.82, 2.24) is 10.6 Å². The van der Waals surface area contributed by atoms with E-state index in [4.69, 9.17) is 0 Å². The molecule has 0 saturated heterocycles. The van der Waals surface area contributed by atoms with Crippen LogP contribution in [0.4, 0.5) is 0 Å². The molecule has 0 bridgehead atoms. The number of rotatable bonds is 7. The van der Waals surface area contributed by atoms with Crippen LogP contribution in [0.2, 0.25) is 0 Å². The Balaban J connectivity index is 1.69. The highest BCUT2D eigenvalue weighted by Crippen LogP contribution is 2.22. The molecule has 2 rings (SSSR count). The lowest BCUT2D eigenvalue weighted by molar-refractivity contribution is 0.606. The molecule has 0 fully saturated rings. The second kappa shape index (κ2) is 6.77. The summed E-state index contributed by atoms with van der Waals surface area (Å²) in [7, 11) is 0. The molecule has 0 unspecified atom stereocenters. The van der Waals surface area contributed by atoms with Gasteiger partial charge in [-0.05, 0) is 62.0 Å². The molecule has 0 aliphatic heterocycles. The summed E-state index contributed by atoms with van der Waals surface area (Å²) in [5.41, 5.74) is 4.59. The maximum atomic E-state index is 3.51. The van der Waals surface area contributed by atoms with Gasteiger partial charge in [0.25, 0.3) is 0 Å². The molecule has 0 aromatic heterocycles. The highest BCUT2D eigenvalue weighted by molar-refractivity contribution is 5.35. The Morgan fingerprint density at radius 3 is 2.76 bits per heavy atom. The van der Waals surface area contributed by atoms with Gasteiger partial charge < -0.3 is 10.6 Å². The maximum Gasteiger partial charge on any atom is 0.0205 e. The molecule has 0 atom stereocenters. The SMILES string of the molecule is CCNCCCNCc1ccc2c(c1)CCC2. The molecule has 2 N–H and O–H groups in total. The van der Waals surface area contributed by atoms with Gasteiger partial charge in [0.1, 0.15) is 0 Å². The van der Waals surface area contributed by atoms with Crippen molar-refractivity contribution in [2.24, 2.45) is 0 Å². The molecule has 0 amide bonds. The fourth-order valence-electron chi connectivity index (χ4n) is 2.48. The largest absolute Gasteiger partial charge is 0.317 e. The van der Waals surface area contributed by atoms with Crippen molar-refractivity contribution in [2.45, 2.75) is 39.2 Å². The predicted octanol–water partition coefficient (Wildman–Crippen LogP) is 2.26. The van der Waals surface area contributed by atoms with Crippen LogP contribution in [0.25, 0.3) is 0 Å². The molecule has 1 aromatic rings. The molecule has 94 valence electrons. The predicted molar refractivity (Wildman–Crippen MR) is 73.3 cm³/mol. The Bertz CT molecular complexity index is 347. The van der Waals surface area contributed by atoms with Gasteiger partial charge in [-0.2, -0.15) is 0 Å². The zero-order valence-electron chi connectivity index (χ0n) is 10.9. The zero-order valence-corrected chi connectivity index (χ0v) is 10.9. The van der Waals surface area contributed by atoms with E-state index in [1.807, 2.05) is 0 Å². The summed E-state index contributed by atoms with van der Waals surface area (Å²) in [5.74, 6) is 0. The fraction of sp³-hybridized carbons (Fsp3) is 0.600. The lowest BCUT2D eigenvalue weighted by atomic mass is 10.1. The molecular weight excluding hydrogens is 208 g/mol. The van der Waals surface area contributed by atoms with E-state index < -0.39 is 0 Å². The molecule has 1 aromatic carbocycles. The van der Waals surface area contributed by atoms with Gasteiger partial charge in [0, 0.05) is 6.54 Å². The highest BCUT2D eigenvalue weighted by Gasteiger charge is 2.10. The van der Waals surface area contributed by atoms with E-state index in [-0.39, 0.29) is 0 Å². The summed E-state index contributed by atoms with van der Waals surface area (Å²) in [6.45, 7) is 6.46. The van der Waals surface area contributed by atoms with Crippen LogP contribution in [0.15, 0.2) is 18.2 Å². The quantitative estimate of drug-likeness (QED) is 0.705. The molecule has 0 heterocycles. The van der Waals surface area contributed by atoms with Gasteiger partial charge in [-0.15, -0.1) is 0 Å². The van der Waals surface area contributed by atoms with Crippen molar-refractivity contribution in [3.05, 3.63) is 34.9 Å². The maximum absolute atomic E-state index is 3.51. The van der Waals surface area contributed by atoms with Crippen LogP contribution in [0, 0.1) is 0 Å². The van der Waals surface area contributed by atoms with Crippen molar-refractivity contribution in [2.75, 3.05) is 19.6 Å². The van der Waals surface area contributed by atoms with Crippen LogP contribution in [0.1, 0.15) is 36.5 Å². The Labute approximate surface area is 105 Å². The minimum absolute atomic E-state index is 1.01. The number of aryl methyl sites for hydroxylation is 2. The number of benzene rings is 1. The zero-order chi connectivity index (χ0) is 11.9. The van der Waals surface area contributed by atoms with E-state index in [9.17, 15) is 0 Å². The van der Waals surface area contributed by atoms with E-state index in [0.29, 0.717) is 0 Å². The average molecular weight is 232 g/mol. The first-order chi connectivity index (χ1) is 8.40. The third-order valence-corrected chi connectivity index (χ3v) is 3.45. The fourth-order valence-corrected chi connectivity index (χ4v) is 2.48. The number of hydrogen-bond acceptors (Lipinski definition) is 2. The Hall–Kier alpha value is -0.860. The Morgan fingerprint density at radius 1 is 1.06 bits per heavy atom. The van der Waals surface area contributed by atoms with Crippen LogP contribution in [0.5, 0.6) is 0 Å². The topological polar surface area (TPSA) is 24.1 Å². The van der Waals surface area contributed by atoms with Gasteiger partial charge in [-0.25, -0.2) is 0 Å². The summed E-state index contributed by atoms with van der Waals surface area (Å²) in [6, 6.07) is 6.99. The van der Waals surface area contributed by atoms with Gasteiger partial charge in [0.15, 0.2) is 0 Å². The molecular formula is C15H24N2. The van der Waals surface area contributed by atoms with E-state index in [2.05, 4.69) is 35.8 Å². The summed E-state index contributed by atoms with van der Waals surface area (Å²) in [5, 5.41) is 6.85. The van der Waals surface area contributed by atoms with Gasteiger partial charge >= 0.3 is 0 Å². The second-order valence-electron chi connectivity index (χ2n) is 4.84. The molecule has 0 saturated carbocycles. The first-order valence-electron chi connectivity index (χ1n) is 6.92. The van der Waals surface area contributed by atoms with Crippen LogP contribution < -0.4 is 10.6 Å². The smallest absolute Gasteiger partial charge is 0.0205 e. The van der Waals surface area contributed by atoms with E-state index in [0.717, 1.165) is 26.2 Å². The molecule has 1 aliphatic carbocycles. The number of hydrogen-bond donors (Lipinski definition) is 2. The van der Waals surface area contributed by atoms with Gasteiger partial charge in [-0.3, -0.25) is 0 Å². The molecule has 2 nitrogen and oxygen atoms in total. The third kappa shape index (κ3) is 3.83. The highest BCUT2D eigenvalue weighted by atomic mass is 14.9. The number of fused-ring (bicyclic) bond motifs is 1. The monoisotopic (exact) mass is 232 g/mol. The average Bonchev–Trinajstić information content (AvgIpc) is 2.81. The van der Waals surface area contributed by atoms with E-state index in [1.165, 1.54) is 31.2 Å². The molecule has 17 heavy (non-hydrogen) atoms. The normalized spacial score (nSPS) is 13.9. The molecule has 0 radical (unpaired) electrons. The number of nitrogens with one attached hydrogen (secondary N) is 2. The lowest BCUT2D eigenvalue weighted by Crippen LogP contribution is -2.21. The molecule has 0 spiro atoms. The van der Waals surface area contributed by atoms with Crippen molar-refractivity contribution in [3.8, 4) is 0 Å². The first-order valence-corrected chi connectivity index (χ1v) is 6.92. The molecule has 2 heteroatoms. The second-order valence-corrected chi connectivity index (χ2v) is 4.84. The van der Waals surface area contributed by atoms with E-state index >= 15 is 0 Å². The first kappa shape index (κ1) is 12.6. The molecule has 1 aliphatic rings. The minimum Gasteiger partial charge on any atom is -0.317 e. The Kier molecular flexibility index (Phi) is 5.02. The standard InChI is InChI=1S/C15H24N2/c1-2-16-9-4-10-17-12-13-7-8-14-5-3-6-15(14)11-13/h7-8,11,16-17H,2-6,9-10,12H2,1H3. The van der Waals surface area contributed by atoms with Crippen LogP contribution in [-0.4, -0.2) is 19.6 Å². The third-order valence-electron chi connectivity index (χ3n) is 3.45. The van der Waals surface area contributed by atoms with Crippen LogP contribution in [0.3, 0.4) is 0 Å². The van der Waals surface area contributed by atoms with E-state index in [1.54, 1.807) is 11.1 Å². The summed E-state index contributed by atoms with van der Waals surface area (Å²) in [4.78, 5) is 0. The van der Waals surface area contributed by atoms with Gasteiger partial charge in [0.05, 0.1) is 0 Å². The van der Waals surface area contributed by atoms with Crippen molar-refractivity contribution in [3.63, 3.8) is 0 Å². The van der Waals surface area contributed by atoms with Gasteiger partial charge in [0.2, 0.25) is 0 Å². The lowest BCUT2D eigenvalue weighted by Gasteiger charge is -2.07. The summed E-state index contributed by atoms with van der Waals surface area (Å²) in [6.07, 6.45) is 5.11. The van der Waals surface area contributed by atoms with Crippen LogP contribution in [-0.2, 0) is 19.4 Å². The summed E-state index contributed by atoms with van der Waals surface area (Å²) >= 11 is 0. The van der Waals surface area contributed by atoms with Crippen molar-refractivity contribution >= 4 is 0 Å². The minimum atomic E-state index is 1.01. The van der Waals surface area contributed by atoms with Gasteiger partial charge in [-0.1, -0.05) is 25.1 Å². The van der Waals surface area contributed by atoms with Crippen molar-refractivity contribution in [1.29, 1.82) is 0 Å².